The first-order chi connectivity index (χ1) is 10.8. The Balaban J connectivity index is 1.79. The van der Waals surface area contributed by atoms with Crippen molar-refractivity contribution in [2.75, 3.05) is 0 Å². The standard InChI is InChI=1S/C18H16N2O2/c1-13-9-15(18-16(11-21)10-19-20-18)7-8-17(13)22-12-14-5-3-2-4-6-14/h2-11H,12H2,1H3,(H,19,20). The highest BCUT2D eigenvalue weighted by atomic mass is 16.5. The number of hydrogen-bond donors (Lipinski definition) is 1. The molecule has 1 N–H and O–H groups in total. The van der Waals surface area contributed by atoms with Crippen molar-refractivity contribution in [3.05, 3.63) is 71.4 Å². The number of hydrogen-bond acceptors (Lipinski definition) is 3. The molecule has 0 spiro atoms. The molecular weight excluding hydrogens is 276 g/mol. The van der Waals surface area contributed by atoms with Gasteiger partial charge in [0.25, 0.3) is 0 Å². The van der Waals surface area contributed by atoms with E-state index >= 15 is 0 Å². The minimum absolute atomic E-state index is 0.532. The summed E-state index contributed by atoms with van der Waals surface area (Å²) >= 11 is 0. The van der Waals surface area contributed by atoms with Crippen molar-refractivity contribution in [1.82, 2.24) is 10.2 Å². The van der Waals surface area contributed by atoms with Gasteiger partial charge in [-0.05, 0) is 36.2 Å². The number of aromatic amines is 1. The van der Waals surface area contributed by atoms with Crippen LogP contribution >= 0.6 is 0 Å². The summed E-state index contributed by atoms with van der Waals surface area (Å²) < 4.78 is 5.86. The van der Waals surface area contributed by atoms with Crippen LogP contribution in [0.2, 0.25) is 0 Å². The maximum atomic E-state index is 11.0. The highest BCUT2D eigenvalue weighted by Crippen LogP contribution is 2.27. The molecule has 0 aliphatic heterocycles. The smallest absolute Gasteiger partial charge is 0.153 e. The molecule has 22 heavy (non-hydrogen) atoms. The largest absolute Gasteiger partial charge is 0.489 e. The average Bonchev–Trinajstić information content (AvgIpc) is 3.03. The van der Waals surface area contributed by atoms with Crippen LogP contribution < -0.4 is 4.74 Å². The first-order valence-corrected chi connectivity index (χ1v) is 7.04. The molecule has 3 rings (SSSR count). The Morgan fingerprint density at radius 1 is 1.18 bits per heavy atom. The van der Waals surface area contributed by atoms with Crippen LogP contribution in [0.15, 0.2) is 54.7 Å². The monoisotopic (exact) mass is 292 g/mol. The van der Waals surface area contributed by atoms with Crippen LogP contribution in [0.25, 0.3) is 11.3 Å². The molecule has 4 heteroatoms. The van der Waals surface area contributed by atoms with E-state index in [9.17, 15) is 4.79 Å². The summed E-state index contributed by atoms with van der Waals surface area (Å²) in [5.41, 5.74) is 4.34. The van der Waals surface area contributed by atoms with E-state index in [1.54, 1.807) is 0 Å². The summed E-state index contributed by atoms with van der Waals surface area (Å²) in [5.74, 6) is 0.833. The molecule has 0 atom stereocenters. The maximum Gasteiger partial charge on any atom is 0.153 e. The van der Waals surface area contributed by atoms with E-state index in [4.69, 9.17) is 4.74 Å². The zero-order valence-electron chi connectivity index (χ0n) is 12.2. The van der Waals surface area contributed by atoms with E-state index in [0.717, 1.165) is 34.4 Å². The number of benzene rings is 2. The highest BCUT2D eigenvalue weighted by Gasteiger charge is 2.09. The summed E-state index contributed by atoms with van der Waals surface area (Å²) in [6, 6.07) is 15.9. The molecule has 0 fully saturated rings. The maximum absolute atomic E-state index is 11.0. The van der Waals surface area contributed by atoms with E-state index in [0.29, 0.717) is 12.2 Å². The molecule has 2 aromatic carbocycles. The fraction of sp³-hybridized carbons (Fsp3) is 0.111. The fourth-order valence-electron chi connectivity index (χ4n) is 2.32. The Morgan fingerprint density at radius 2 is 2.00 bits per heavy atom. The van der Waals surface area contributed by atoms with Crippen molar-refractivity contribution in [2.45, 2.75) is 13.5 Å². The molecule has 0 aliphatic rings. The van der Waals surface area contributed by atoms with Crippen LogP contribution in [-0.2, 0) is 6.61 Å². The molecule has 0 unspecified atom stereocenters. The van der Waals surface area contributed by atoms with Gasteiger partial charge in [-0.15, -0.1) is 0 Å². The van der Waals surface area contributed by atoms with E-state index < -0.39 is 0 Å². The minimum atomic E-state index is 0.532. The number of H-pyrrole nitrogens is 1. The Labute approximate surface area is 128 Å². The number of carbonyl (C=O) groups is 1. The Hall–Kier alpha value is -2.88. The van der Waals surface area contributed by atoms with Gasteiger partial charge in [-0.1, -0.05) is 30.3 Å². The van der Waals surface area contributed by atoms with Gasteiger partial charge in [0, 0.05) is 5.56 Å². The van der Waals surface area contributed by atoms with Crippen LogP contribution in [0, 0.1) is 6.92 Å². The predicted octanol–water partition coefficient (Wildman–Crippen LogP) is 3.78. The summed E-state index contributed by atoms with van der Waals surface area (Å²) in [5, 5.41) is 6.77. The van der Waals surface area contributed by atoms with E-state index in [1.807, 2.05) is 55.5 Å². The second-order valence-corrected chi connectivity index (χ2v) is 5.07. The zero-order valence-corrected chi connectivity index (χ0v) is 12.2. The molecule has 0 amide bonds. The third kappa shape index (κ3) is 2.91. The topological polar surface area (TPSA) is 55.0 Å². The Bertz CT molecular complexity index is 779. The predicted molar refractivity (Wildman–Crippen MR) is 84.9 cm³/mol. The Morgan fingerprint density at radius 3 is 2.73 bits per heavy atom. The van der Waals surface area contributed by atoms with Gasteiger partial charge in [0.15, 0.2) is 6.29 Å². The lowest BCUT2D eigenvalue weighted by Gasteiger charge is -2.10. The van der Waals surface area contributed by atoms with Gasteiger partial charge in [0.2, 0.25) is 0 Å². The molecule has 0 saturated heterocycles. The zero-order chi connectivity index (χ0) is 15.4. The van der Waals surface area contributed by atoms with Crippen molar-refractivity contribution in [3.8, 4) is 17.0 Å². The minimum Gasteiger partial charge on any atom is -0.489 e. The third-order valence-corrected chi connectivity index (χ3v) is 3.50. The van der Waals surface area contributed by atoms with Gasteiger partial charge >= 0.3 is 0 Å². The molecule has 0 radical (unpaired) electrons. The van der Waals surface area contributed by atoms with E-state index in [1.165, 1.54) is 6.20 Å². The van der Waals surface area contributed by atoms with Crippen molar-refractivity contribution < 1.29 is 9.53 Å². The van der Waals surface area contributed by atoms with Gasteiger partial charge in [0.1, 0.15) is 12.4 Å². The van der Waals surface area contributed by atoms with Crippen LogP contribution in [0.1, 0.15) is 21.5 Å². The van der Waals surface area contributed by atoms with Crippen LogP contribution in [0.4, 0.5) is 0 Å². The number of rotatable bonds is 5. The first kappa shape index (κ1) is 14.1. The second-order valence-electron chi connectivity index (χ2n) is 5.07. The molecule has 0 saturated carbocycles. The lowest BCUT2D eigenvalue weighted by atomic mass is 10.1. The summed E-state index contributed by atoms with van der Waals surface area (Å²) in [7, 11) is 0. The number of carbonyl (C=O) groups excluding carboxylic acids is 1. The number of aldehydes is 1. The molecule has 1 heterocycles. The molecule has 110 valence electrons. The van der Waals surface area contributed by atoms with Gasteiger partial charge in [-0.25, -0.2) is 0 Å². The summed E-state index contributed by atoms with van der Waals surface area (Å²) in [6.07, 6.45) is 2.32. The normalized spacial score (nSPS) is 10.4. The fourth-order valence-corrected chi connectivity index (χ4v) is 2.32. The van der Waals surface area contributed by atoms with Crippen LogP contribution in [0.3, 0.4) is 0 Å². The van der Waals surface area contributed by atoms with Crippen molar-refractivity contribution in [2.24, 2.45) is 0 Å². The van der Waals surface area contributed by atoms with Gasteiger partial charge < -0.3 is 4.74 Å². The van der Waals surface area contributed by atoms with E-state index in [-0.39, 0.29) is 0 Å². The molecule has 1 aromatic heterocycles. The molecule has 0 bridgehead atoms. The number of nitrogens with zero attached hydrogens (tertiary/aromatic N) is 1. The quantitative estimate of drug-likeness (QED) is 0.728. The third-order valence-electron chi connectivity index (χ3n) is 3.50. The molecule has 4 nitrogen and oxygen atoms in total. The number of aryl methyl sites for hydroxylation is 1. The van der Waals surface area contributed by atoms with Crippen molar-refractivity contribution >= 4 is 6.29 Å². The first-order valence-electron chi connectivity index (χ1n) is 7.04. The SMILES string of the molecule is Cc1cc(-c2[nH]ncc2C=O)ccc1OCc1ccccc1. The summed E-state index contributed by atoms with van der Waals surface area (Å²) in [4.78, 5) is 11.0. The molecule has 0 aliphatic carbocycles. The lowest BCUT2D eigenvalue weighted by Crippen LogP contribution is -1.97. The number of aromatic nitrogens is 2. The Kier molecular flexibility index (Phi) is 4.01. The van der Waals surface area contributed by atoms with Crippen molar-refractivity contribution in [3.63, 3.8) is 0 Å². The summed E-state index contributed by atoms with van der Waals surface area (Å²) in [6.45, 7) is 2.52. The van der Waals surface area contributed by atoms with Gasteiger partial charge in [0.05, 0.1) is 17.5 Å². The lowest BCUT2D eigenvalue weighted by molar-refractivity contribution is 0.112. The number of ether oxygens (including phenoxy) is 1. The van der Waals surface area contributed by atoms with Crippen LogP contribution in [-0.4, -0.2) is 16.5 Å². The van der Waals surface area contributed by atoms with E-state index in [2.05, 4.69) is 10.2 Å². The second kappa shape index (κ2) is 6.26. The number of nitrogens with one attached hydrogen (secondary N) is 1. The highest BCUT2D eigenvalue weighted by molar-refractivity contribution is 5.85. The molecular formula is C18H16N2O2. The van der Waals surface area contributed by atoms with Gasteiger partial charge in [-0.2, -0.15) is 5.10 Å². The molecule has 3 aromatic rings. The average molecular weight is 292 g/mol. The van der Waals surface area contributed by atoms with Crippen LogP contribution in [0.5, 0.6) is 5.75 Å². The van der Waals surface area contributed by atoms with Gasteiger partial charge in [-0.3, -0.25) is 9.89 Å². The van der Waals surface area contributed by atoms with Crippen molar-refractivity contribution in [1.29, 1.82) is 0 Å².